The molecule has 0 saturated carbocycles. The zero-order valence-corrected chi connectivity index (χ0v) is 11.7. The number of aryl methyl sites for hydroxylation is 1. The number of nitrogens with one attached hydrogen (secondary N) is 1. The molecule has 0 fully saturated rings. The molecule has 3 heteroatoms. The molecule has 0 aliphatic carbocycles. The molecule has 96 valence electrons. The van der Waals surface area contributed by atoms with Gasteiger partial charge in [0.25, 0.3) is 0 Å². The van der Waals surface area contributed by atoms with Gasteiger partial charge < -0.3 is 10.1 Å². The van der Waals surface area contributed by atoms with Crippen LogP contribution in [-0.2, 0) is 19.6 Å². The lowest BCUT2D eigenvalue weighted by Crippen LogP contribution is -2.07. The minimum Gasteiger partial charge on any atom is -0.488 e. The SMILES string of the molecule is CCc1ccc(COc2ccccc2CNC)s1. The van der Waals surface area contributed by atoms with Gasteiger partial charge in [0.15, 0.2) is 0 Å². The van der Waals surface area contributed by atoms with Gasteiger partial charge in [-0.3, -0.25) is 0 Å². The van der Waals surface area contributed by atoms with Gasteiger partial charge in [-0.1, -0.05) is 25.1 Å². The molecule has 1 heterocycles. The first-order chi connectivity index (χ1) is 8.83. The lowest BCUT2D eigenvalue weighted by Gasteiger charge is -2.10. The fourth-order valence-electron chi connectivity index (χ4n) is 1.82. The summed E-state index contributed by atoms with van der Waals surface area (Å²) >= 11 is 1.83. The second-order valence-electron chi connectivity index (χ2n) is 4.15. The lowest BCUT2D eigenvalue weighted by atomic mass is 10.2. The Labute approximate surface area is 113 Å². The molecule has 2 rings (SSSR count). The van der Waals surface area contributed by atoms with Gasteiger partial charge in [0.05, 0.1) is 0 Å². The van der Waals surface area contributed by atoms with Crippen molar-refractivity contribution in [1.82, 2.24) is 5.32 Å². The summed E-state index contributed by atoms with van der Waals surface area (Å²) in [7, 11) is 1.95. The van der Waals surface area contributed by atoms with Crippen LogP contribution in [0.3, 0.4) is 0 Å². The molecular formula is C15H19NOS. The average molecular weight is 261 g/mol. The van der Waals surface area contributed by atoms with Crippen LogP contribution in [0, 0.1) is 0 Å². The van der Waals surface area contributed by atoms with Gasteiger partial charge >= 0.3 is 0 Å². The van der Waals surface area contributed by atoms with Gasteiger partial charge in [-0.25, -0.2) is 0 Å². The summed E-state index contributed by atoms with van der Waals surface area (Å²) in [4.78, 5) is 2.70. The van der Waals surface area contributed by atoms with Crippen molar-refractivity contribution in [1.29, 1.82) is 0 Å². The maximum Gasteiger partial charge on any atom is 0.124 e. The second kappa shape index (κ2) is 6.57. The maximum atomic E-state index is 5.90. The number of hydrogen-bond acceptors (Lipinski definition) is 3. The van der Waals surface area contributed by atoms with Crippen LogP contribution >= 0.6 is 11.3 Å². The van der Waals surface area contributed by atoms with E-state index in [0.29, 0.717) is 6.61 Å². The summed E-state index contributed by atoms with van der Waals surface area (Å²) < 4.78 is 5.90. The summed E-state index contributed by atoms with van der Waals surface area (Å²) in [6, 6.07) is 12.5. The Hall–Kier alpha value is -1.32. The first-order valence-electron chi connectivity index (χ1n) is 6.26. The van der Waals surface area contributed by atoms with E-state index in [1.54, 1.807) is 0 Å². The quantitative estimate of drug-likeness (QED) is 0.857. The Balaban J connectivity index is 2.01. The van der Waals surface area contributed by atoms with Crippen LogP contribution in [0.15, 0.2) is 36.4 Å². The normalized spacial score (nSPS) is 10.6. The third kappa shape index (κ3) is 3.34. The molecule has 0 spiro atoms. The smallest absolute Gasteiger partial charge is 0.124 e. The van der Waals surface area contributed by atoms with Crippen LogP contribution < -0.4 is 10.1 Å². The number of ether oxygens (including phenoxy) is 1. The van der Waals surface area contributed by atoms with E-state index in [1.165, 1.54) is 15.3 Å². The van der Waals surface area contributed by atoms with Crippen molar-refractivity contribution >= 4 is 11.3 Å². The standard InChI is InChI=1S/C15H19NOS/c1-3-13-8-9-14(18-13)11-17-15-7-5-4-6-12(15)10-16-2/h4-9,16H,3,10-11H2,1-2H3. The molecule has 0 aliphatic rings. The van der Waals surface area contributed by atoms with E-state index in [2.05, 4.69) is 30.4 Å². The first-order valence-corrected chi connectivity index (χ1v) is 7.08. The Morgan fingerprint density at radius 2 is 1.89 bits per heavy atom. The molecule has 0 radical (unpaired) electrons. The van der Waals surface area contributed by atoms with Crippen LogP contribution in [0.1, 0.15) is 22.2 Å². The predicted octanol–water partition coefficient (Wildman–Crippen LogP) is 3.61. The minimum atomic E-state index is 0.658. The highest BCUT2D eigenvalue weighted by molar-refractivity contribution is 7.11. The van der Waals surface area contributed by atoms with Crippen LogP contribution in [0.4, 0.5) is 0 Å². The van der Waals surface area contributed by atoms with Crippen molar-refractivity contribution in [3.05, 3.63) is 51.7 Å². The highest BCUT2D eigenvalue weighted by Crippen LogP contribution is 2.22. The summed E-state index contributed by atoms with van der Waals surface area (Å²) in [5, 5.41) is 3.16. The van der Waals surface area contributed by atoms with E-state index in [4.69, 9.17) is 4.74 Å². The minimum absolute atomic E-state index is 0.658. The molecule has 0 aliphatic heterocycles. The molecule has 0 amide bonds. The molecule has 0 unspecified atom stereocenters. The molecule has 2 nitrogen and oxygen atoms in total. The fraction of sp³-hybridized carbons (Fsp3) is 0.333. The Bertz CT molecular complexity index is 493. The van der Waals surface area contributed by atoms with E-state index in [1.807, 2.05) is 36.6 Å². The van der Waals surface area contributed by atoms with Gasteiger partial charge in [-0.2, -0.15) is 0 Å². The largest absolute Gasteiger partial charge is 0.488 e. The predicted molar refractivity (Wildman–Crippen MR) is 77.2 cm³/mol. The van der Waals surface area contributed by atoms with Crippen molar-refractivity contribution < 1.29 is 4.74 Å². The summed E-state index contributed by atoms with van der Waals surface area (Å²) in [5.41, 5.74) is 1.20. The summed E-state index contributed by atoms with van der Waals surface area (Å²) in [6.45, 7) is 3.67. The maximum absolute atomic E-state index is 5.90. The number of thiophene rings is 1. The number of hydrogen-bond donors (Lipinski definition) is 1. The molecule has 1 N–H and O–H groups in total. The van der Waals surface area contributed by atoms with Gasteiger partial charge in [0.1, 0.15) is 12.4 Å². The van der Waals surface area contributed by atoms with E-state index >= 15 is 0 Å². The molecule has 0 saturated heterocycles. The molecule has 0 bridgehead atoms. The van der Waals surface area contributed by atoms with E-state index < -0.39 is 0 Å². The summed E-state index contributed by atoms with van der Waals surface area (Å²) in [6.07, 6.45) is 1.10. The van der Waals surface area contributed by atoms with Crippen molar-refractivity contribution in [3.8, 4) is 5.75 Å². The van der Waals surface area contributed by atoms with E-state index in [0.717, 1.165) is 18.7 Å². The van der Waals surface area contributed by atoms with Gasteiger partial charge in [0.2, 0.25) is 0 Å². The average Bonchev–Trinajstić information content (AvgIpc) is 2.86. The number of benzene rings is 1. The van der Waals surface area contributed by atoms with Gasteiger partial charge in [-0.05, 0) is 31.7 Å². The molecule has 2 aromatic rings. The molecule has 1 aromatic carbocycles. The lowest BCUT2D eigenvalue weighted by molar-refractivity contribution is 0.306. The van der Waals surface area contributed by atoms with Crippen LogP contribution in [-0.4, -0.2) is 7.05 Å². The van der Waals surface area contributed by atoms with E-state index in [9.17, 15) is 0 Å². The topological polar surface area (TPSA) is 21.3 Å². The van der Waals surface area contributed by atoms with Crippen molar-refractivity contribution in [2.45, 2.75) is 26.5 Å². The second-order valence-corrected chi connectivity index (χ2v) is 5.40. The molecule has 0 atom stereocenters. The molecule has 1 aromatic heterocycles. The molecular weight excluding hydrogens is 242 g/mol. The third-order valence-corrected chi connectivity index (χ3v) is 3.98. The Kier molecular flexibility index (Phi) is 4.79. The summed E-state index contributed by atoms with van der Waals surface area (Å²) in [5.74, 6) is 0.971. The van der Waals surface area contributed by atoms with Crippen LogP contribution in [0.25, 0.3) is 0 Å². The van der Waals surface area contributed by atoms with Crippen LogP contribution in [0.5, 0.6) is 5.75 Å². The van der Waals surface area contributed by atoms with Crippen molar-refractivity contribution in [3.63, 3.8) is 0 Å². The first kappa shape index (κ1) is 13.1. The Morgan fingerprint density at radius 3 is 2.61 bits per heavy atom. The van der Waals surface area contributed by atoms with Gasteiger partial charge in [-0.15, -0.1) is 11.3 Å². The fourth-order valence-corrected chi connectivity index (χ4v) is 2.69. The van der Waals surface area contributed by atoms with Crippen molar-refractivity contribution in [2.24, 2.45) is 0 Å². The molecule has 18 heavy (non-hydrogen) atoms. The number of para-hydroxylation sites is 1. The van der Waals surface area contributed by atoms with Gasteiger partial charge in [0, 0.05) is 21.9 Å². The Morgan fingerprint density at radius 1 is 1.11 bits per heavy atom. The van der Waals surface area contributed by atoms with Crippen molar-refractivity contribution in [2.75, 3.05) is 7.05 Å². The zero-order chi connectivity index (χ0) is 12.8. The highest BCUT2D eigenvalue weighted by atomic mass is 32.1. The van der Waals surface area contributed by atoms with Crippen LogP contribution in [0.2, 0.25) is 0 Å². The monoisotopic (exact) mass is 261 g/mol. The van der Waals surface area contributed by atoms with E-state index in [-0.39, 0.29) is 0 Å². The zero-order valence-electron chi connectivity index (χ0n) is 10.9. The number of rotatable bonds is 6. The highest BCUT2D eigenvalue weighted by Gasteiger charge is 2.04. The third-order valence-electron chi connectivity index (χ3n) is 2.78.